The molecule has 2 N–H and O–H groups in total. The summed E-state index contributed by atoms with van der Waals surface area (Å²) in [6.45, 7) is 0.968. The monoisotopic (exact) mass is 273 g/mol. The third-order valence-corrected chi connectivity index (χ3v) is 2.95. The molecular weight excluding hydrogens is 259 g/mol. The van der Waals surface area contributed by atoms with Crippen molar-refractivity contribution in [2.75, 3.05) is 13.1 Å². The number of nitrogens with zero attached hydrogens (tertiary/aromatic N) is 1. The first-order chi connectivity index (χ1) is 8.97. The van der Waals surface area contributed by atoms with Crippen LogP contribution >= 0.6 is 0 Å². The molecule has 0 aromatic carbocycles. The summed E-state index contributed by atoms with van der Waals surface area (Å²) in [5.41, 5.74) is 2.18. The van der Waals surface area contributed by atoms with Crippen LogP contribution < -0.4 is 10.6 Å². The highest BCUT2D eigenvalue weighted by Gasteiger charge is 2.27. The van der Waals surface area contributed by atoms with E-state index in [1.54, 1.807) is 6.20 Å². The predicted octanol–water partition coefficient (Wildman–Crippen LogP) is 1.41. The van der Waals surface area contributed by atoms with E-state index >= 15 is 0 Å². The van der Waals surface area contributed by atoms with Gasteiger partial charge in [-0.25, -0.2) is 0 Å². The lowest BCUT2D eigenvalue weighted by molar-refractivity contribution is -0.132. The largest absolute Gasteiger partial charge is 0.390 e. The molecule has 1 amide bonds. The quantitative estimate of drug-likeness (QED) is 0.875. The molecule has 0 fully saturated rings. The maximum absolute atomic E-state index is 12.0. The van der Waals surface area contributed by atoms with Crippen molar-refractivity contribution >= 4 is 5.91 Å². The molecular formula is C12H14F3N3O. The Morgan fingerprint density at radius 2 is 2.21 bits per heavy atom. The third kappa shape index (κ3) is 3.66. The van der Waals surface area contributed by atoms with Gasteiger partial charge in [0, 0.05) is 25.5 Å². The summed E-state index contributed by atoms with van der Waals surface area (Å²) in [4.78, 5) is 15.8. The highest BCUT2D eigenvalue weighted by Crippen LogP contribution is 2.19. The maximum atomic E-state index is 12.0. The summed E-state index contributed by atoms with van der Waals surface area (Å²) in [5.74, 6) is -0.490. The second-order valence-electron chi connectivity index (χ2n) is 4.37. The lowest BCUT2D eigenvalue weighted by Gasteiger charge is -2.19. The van der Waals surface area contributed by atoms with Crippen molar-refractivity contribution in [3.05, 3.63) is 29.1 Å². The van der Waals surface area contributed by atoms with Crippen LogP contribution in [0.3, 0.4) is 0 Å². The standard InChI is InChI=1S/C12H14F3N3O/c13-12(14,15)2-4-18-11(19)10-7-17-6-8-5-16-3-1-9(8)10/h6-7,16H,1-5H2,(H,18,19). The Morgan fingerprint density at radius 3 is 2.95 bits per heavy atom. The van der Waals surface area contributed by atoms with Crippen LogP contribution in [0.1, 0.15) is 27.9 Å². The first-order valence-electron chi connectivity index (χ1n) is 5.99. The van der Waals surface area contributed by atoms with E-state index in [0.717, 1.165) is 17.7 Å². The van der Waals surface area contributed by atoms with E-state index in [2.05, 4.69) is 15.6 Å². The molecule has 0 aliphatic carbocycles. The van der Waals surface area contributed by atoms with Gasteiger partial charge in [0.15, 0.2) is 0 Å². The average molecular weight is 273 g/mol. The number of nitrogens with one attached hydrogen (secondary N) is 2. The van der Waals surface area contributed by atoms with Gasteiger partial charge in [-0.3, -0.25) is 9.78 Å². The number of hydrogen-bond acceptors (Lipinski definition) is 3. The first-order valence-corrected chi connectivity index (χ1v) is 5.99. The molecule has 1 aromatic heterocycles. The minimum absolute atomic E-state index is 0.376. The molecule has 7 heteroatoms. The van der Waals surface area contributed by atoms with E-state index in [-0.39, 0.29) is 0 Å². The number of rotatable bonds is 3. The van der Waals surface area contributed by atoms with Gasteiger partial charge in [-0.2, -0.15) is 13.2 Å². The molecule has 2 heterocycles. The molecule has 0 radical (unpaired) electrons. The van der Waals surface area contributed by atoms with E-state index in [1.807, 2.05) is 0 Å². The molecule has 0 saturated heterocycles. The molecule has 0 atom stereocenters. The normalized spacial score (nSPS) is 14.9. The SMILES string of the molecule is O=C(NCCC(F)(F)F)c1cncc2c1CCNC2. The number of carbonyl (C=O) groups excluding carboxylic acids is 1. The van der Waals surface area contributed by atoms with Gasteiger partial charge >= 0.3 is 6.18 Å². The zero-order valence-corrected chi connectivity index (χ0v) is 10.2. The zero-order valence-electron chi connectivity index (χ0n) is 10.2. The van der Waals surface area contributed by atoms with Crippen LogP contribution in [0.5, 0.6) is 0 Å². The molecule has 1 aliphatic heterocycles. The summed E-state index contributed by atoms with van der Waals surface area (Å²) in [6, 6.07) is 0. The van der Waals surface area contributed by atoms with Crippen LogP contribution in [0.25, 0.3) is 0 Å². The molecule has 1 aliphatic rings. The van der Waals surface area contributed by atoms with Crippen molar-refractivity contribution in [2.24, 2.45) is 0 Å². The maximum Gasteiger partial charge on any atom is 0.390 e. The molecule has 19 heavy (non-hydrogen) atoms. The number of hydrogen-bond donors (Lipinski definition) is 2. The summed E-state index contributed by atoms with van der Waals surface area (Å²) in [6.07, 6.45) is -1.52. The van der Waals surface area contributed by atoms with Crippen LogP contribution in [0.15, 0.2) is 12.4 Å². The minimum Gasteiger partial charge on any atom is -0.352 e. The number of carbonyl (C=O) groups is 1. The third-order valence-electron chi connectivity index (χ3n) is 2.95. The first kappa shape index (κ1) is 13.8. The van der Waals surface area contributed by atoms with E-state index in [1.165, 1.54) is 6.20 Å². The Morgan fingerprint density at radius 1 is 1.42 bits per heavy atom. The van der Waals surface area contributed by atoms with E-state index in [0.29, 0.717) is 18.5 Å². The summed E-state index contributed by atoms with van der Waals surface area (Å²) < 4.78 is 36.0. The highest BCUT2D eigenvalue weighted by atomic mass is 19.4. The highest BCUT2D eigenvalue weighted by molar-refractivity contribution is 5.95. The van der Waals surface area contributed by atoms with Gasteiger partial charge in [-0.05, 0) is 24.1 Å². The Labute approximate surface area is 108 Å². The minimum atomic E-state index is -4.26. The van der Waals surface area contributed by atoms with Crippen molar-refractivity contribution in [3.63, 3.8) is 0 Å². The van der Waals surface area contributed by atoms with Crippen LogP contribution in [0.2, 0.25) is 0 Å². The summed E-state index contributed by atoms with van der Waals surface area (Å²) in [5, 5.41) is 5.44. The van der Waals surface area contributed by atoms with Crippen molar-refractivity contribution in [3.8, 4) is 0 Å². The van der Waals surface area contributed by atoms with Gasteiger partial charge in [0.2, 0.25) is 0 Å². The topological polar surface area (TPSA) is 54.0 Å². The zero-order chi connectivity index (χ0) is 13.9. The number of fused-ring (bicyclic) bond motifs is 1. The Hall–Kier alpha value is -1.63. The van der Waals surface area contributed by atoms with Gasteiger partial charge < -0.3 is 10.6 Å². The summed E-state index contributed by atoms with van der Waals surface area (Å²) in [7, 11) is 0. The fourth-order valence-electron chi connectivity index (χ4n) is 2.02. The van der Waals surface area contributed by atoms with E-state index in [9.17, 15) is 18.0 Å². The number of amides is 1. The van der Waals surface area contributed by atoms with Crippen molar-refractivity contribution in [1.29, 1.82) is 0 Å². The number of alkyl halides is 3. The van der Waals surface area contributed by atoms with Crippen molar-refractivity contribution in [1.82, 2.24) is 15.6 Å². The summed E-state index contributed by atoms with van der Waals surface area (Å²) >= 11 is 0. The lowest BCUT2D eigenvalue weighted by atomic mass is 9.98. The second kappa shape index (κ2) is 5.56. The molecule has 0 spiro atoms. The Balaban J connectivity index is 2.03. The molecule has 1 aromatic rings. The number of aromatic nitrogens is 1. The van der Waals surface area contributed by atoms with Crippen LogP contribution in [-0.2, 0) is 13.0 Å². The number of pyridine rings is 1. The molecule has 0 unspecified atom stereocenters. The van der Waals surface area contributed by atoms with Gasteiger partial charge in [0.25, 0.3) is 5.91 Å². The van der Waals surface area contributed by atoms with Gasteiger partial charge in [-0.1, -0.05) is 0 Å². The molecule has 0 bridgehead atoms. The average Bonchev–Trinajstić information content (AvgIpc) is 2.36. The Kier molecular flexibility index (Phi) is 4.04. The van der Waals surface area contributed by atoms with Crippen LogP contribution in [0.4, 0.5) is 13.2 Å². The van der Waals surface area contributed by atoms with Crippen molar-refractivity contribution < 1.29 is 18.0 Å². The van der Waals surface area contributed by atoms with Crippen molar-refractivity contribution in [2.45, 2.75) is 25.6 Å². The van der Waals surface area contributed by atoms with E-state index < -0.39 is 25.0 Å². The Bertz CT molecular complexity index is 474. The van der Waals surface area contributed by atoms with Crippen LogP contribution in [0, 0.1) is 0 Å². The fourth-order valence-corrected chi connectivity index (χ4v) is 2.02. The molecule has 2 rings (SSSR count). The molecule has 104 valence electrons. The smallest absolute Gasteiger partial charge is 0.352 e. The van der Waals surface area contributed by atoms with E-state index in [4.69, 9.17) is 0 Å². The van der Waals surface area contributed by atoms with Gasteiger partial charge in [0.05, 0.1) is 12.0 Å². The number of halogens is 3. The predicted molar refractivity (Wildman–Crippen MR) is 62.7 cm³/mol. The molecule has 0 saturated carbocycles. The van der Waals surface area contributed by atoms with Crippen LogP contribution in [-0.4, -0.2) is 30.2 Å². The van der Waals surface area contributed by atoms with Gasteiger partial charge in [0.1, 0.15) is 0 Å². The van der Waals surface area contributed by atoms with Gasteiger partial charge in [-0.15, -0.1) is 0 Å². The lowest BCUT2D eigenvalue weighted by Crippen LogP contribution is -2.31. The fraction of sp³-hybridized carbons (Fsp3) is 0.500. The molecule has 4 nitrogen and oxygen atoms in total. The second-order valence-corrected chi connectivity index (χ2v) is 4.37.